The van der Waals surface area contributed by atoms with Gasteiger partial charge in [0.2, 0.25) is 5.89 Å². The summed E-state index contributed by atoms with van der Waals surface area (Å²) in [6, 6.07) is 1.89. The van der Waals surface area contributed by atoms with E-state index in [9.17, 15) is 5.11 Å². The van der Waals surface area contributed by atoms with Crippen molar-refractivity contribution in [1.29, 1.82) is 0 Å². The monoisotopic (exact) mass is 277 g/mol. The molecule has 0 radical (unpaired) electrons. The molecule has 3 rings (SSSR count). The Labute approximate surface area is 117 Å². The molecule has 6 nitrogen and oxygen atoms in total. The lowest BCUT2D eigenvalue weighted by Gasteiger charge is -2.45. The molecule has 0 atom stereocenters. The van der Waals surface area contributed by atoms with Gasteiger partial charge in [-0.15, -0.1) is 10.2 Å². The van der Waals surface area contributed by atoms with Gasteiger partial charge in [0, 0.05) is 13.1 Å². The van der Waals surface area contributed by atoms with Crippen molar-refractivity contribution in [1.82, 2.24) is 15.1 Å². The predicted octanol–water partition coefficient (Wildman–Crippen LogP) is 1.90. The van der Waals surface area contributed by atoms with E-state index in [-0.39, 0.29) is 0 Å². The molecule has 0 aromatic carbocycles. The van der Waals surface area contributed by atoms with Crippen LogP contribution in [0, 0.1) is 13.8 Å². The second-order valence-corrected chi connectivity index (χ2v) is 5.55. The van der Waals surface area contributed by atoms with Gasteiger partial charge < -0.3 is 13.9 Å². The number of aliphatic hydroxyl groups is 1. The molecular formula is C14H19N3O3. The van der Waals surface area contributed by atoms with Gasteiger partial charge in [-0.3, -0.25) is 4.90 Å². The molecule has 2 aromatic heterocycles. The zero-order valence-corrected chi connectivity index (χ0v) is 12.0. The average Bonchev–Trinajstić information content (AvgIpc) is 2.93. The highest BCUT2D eigenvalue weighted by Crippen LogP contribution is 2.28. The second-order valence-electron chi connectivity index (χ2n) is 5.55. The van der Waals surface area contributed by atoms with Gasteiger partial charge in [0.25, 0.3) is 5.89 Å². The van der Waals surface area contributed by atoms with Crippen molar-refractivity contribution in [3.8, 4) is 11.5 Å². The van der Waals surface area contributed by atoms with Crippen LogP contribution in [0.25, 0.3) is 11.5 Å². The highest BCUT2D eigenvalue weighted by Gasteiger charge is 2.39. The highest BCUT2D eigenvalue weighted by molar-refractivity contribution is 5.55. The molecule has 0 unspecified atom stereocenters. The average molecular weight is 277 g/mol. The summed E-state index contributed by atoms with van der Waals surface area (Å²) < 4.78 is 11.1. The summed E-state index contributed by atoms with van der Waals surface area (Å²) in [5.41, 5.74) is 0.302. The SMILES string of the molecule is CCC1(O)CN(Cc2nnc(-c3cc(C)oc3C)o2)C1. The maximum absolute atomic E-state index is 9.97. The quantitative estimate of drug-likeness (QED) is 0.920. The fourth-order valence-electron chi connectivity index (χ4n) is 2.58. The molecule has 0 bridgehead atoms. The van der Waals surface area contributed by atoms with Gasteiger partial charge in [0.15, 0.2) is 0 Å². The molecular weight excluding hydrogens is 258 g/mol. The lowest BCUT2D eigenvalue weighted by molar-refractivity contribution is -0.105. The lowest BCUT2D eigenvalue weighted by Crippen LogP contribution is -2.60. The Kier molecular flexibility index (Phi) is 3.14. The molecule has 1 N–H and O–H groups in total. The number of rotatable bonds is 4. The van der Waals surface area contributed by atoms with Crippen LogP contribution in [-0.4, -0.2) is 38.9 Å². The number of furan rings is 1. The summed E-state index contributed by atoms with van der Waals surface area (Å²) in [7, 11) is 0. The molecule has 0 aliphatic carbocycles. The third kappa shape index (κ3) is 2.36. The Balaban J connectivity index is 1.68. The zero-order chi connectivity index (χ0) is 14.3. The van der Waals surface area contributed by atoms with Gasteiger partial charge in [-0.2, -0.15) is 0 Å². The summed E-state index contributed by atoms with van der Waals surface area (Å²) in [5, 5.41) is 18.1. The largest absolute Gasteiger partial charge is 0.466 e. The van der Waals surface area contributed by atoms with Crippen molar-refractivity contribution >= 4 is 0 Å². The van der Waals surface area contributed by atoms with Crippen LogP contribution in [0.1, 0.15) is 30.8 Å². The minimum atomic E-state index is -0.541. The van der Waals surface area contributed by atoms with Gasteiger partial charge >= 0.3 is 0 Å². The van der Waals surface area contributed by atoms with Crippen LogP contribution in [0.15, 0.2) is 14.9 Å². The summed E-state index contributed by atoms with van der Waals surface area (Å²) in [6.07, 6.45) is 0.770. The number of hydrogen-bond donors (Lipinski definition) is 1. The number of aryl methyl sites for hydroxylation is 2. The molecule has 0 amide bonds. The molecule has 2 aromatic rings. The van der Waals surface area contributed by atoms with E-state index in [0.717, 1.165) is 23.5 Å². The smallest absolute Gasteiger partial charge is 0.251 e. The van der Waals surface area contributed by atoms with E-state index in [2.05, 4.69) is 15.1 Å². The molecule has 1 saturated heterocycles. The first-order chi connectivity index (χ1) is 9.49. The Morgan fingerprint density at radius 3 is 2.65 bits per heavy atom. The fraction of sp³-hybridized carbons (Fsp3) is 0.571. The van der Waals surface area contributed by atoms with E-state index in [4.69, 9.17) is 8.83 Å². The maximum atomic E-state index is 9.97. The van der Waals surface area contributed by atoms with Gasteiger partial charge in [-0.05, 0) is 26.3 Å². The second kappa shape index (κ2) is 4.71. The summed E-state index contributed by atoms with van der Waals surface area (Å²) in [4.78, 5) is 2.09. The van der Waals surface area contributed by atoms with E-state index in [1.165, 1.54) is 0 Å². The molecule has 6 heteroatoms. The summed E-state index contributed by atoms with van der Waals surface area (Å²) >= 11 is 0. The first-order valence-electron chi connectivity index (χ1n) is 6.83. The van der Waals surface area contributed by atoms with Gasteiger partial charge in [-0.25, -0.2) is 0 Å². The molecule has 3 heterocycles. The molecule has 108 valence electrons. The third-order valence-corrected chi connectivity index (χ3v) is 3.79. The summed E-state index contributed by atoms with van der Waals surface area (Å²) in [6.45, 7) is 7.65. The van der Waals surface area contributed by atoms with E-state index < -0.39 is 5.60 Å². The number of aromatic nitrogens is 2. The van der Waals surface area contributed by atoms with Crippen molar-refractivity contribution in [2.45, 2.75) is 39.3 Å². The first kappa shape index (κ1) is 13.3. The van der Waals surface area contributed by atoms with Gasteiger partial charge in [-0.1, -0.05) is 6.92 Å². The molecule has 1 fully saturated rings. The van der Waals surface area contributed by atoms with E-state index in [1.807, 2.05) is 26.8 Å². The highest BCUT2D eigenvalue weighted by atomic mass is 16.4. The van der Waals surface area contributed by atoms with Crippen LogP contribution in [0.5, 0.6) is 0 Å². The first-order valence-corrected chi connectivity index (χ1v) is 6.83. The van der Waals surface area contributed by atoms with Gasteiger partial charge in [0.05, 0.1) is 17.7 Å². The minimum Gasteiger partial charge on any atom is -0.466 e. The Morgan fingerprint density at radius 1 is 1.30 bits per heavy atom. The van der Waals surface area contributed by atoms with E-state index in [0.29, 0.717) is 31.4 Å². The molecule has 0 spiro atoms. The fourth-order valence-corrected chi connectivity index (χ4v) is 2.58. The molecule has 20 heavy (non-hydrogen) atoms. The normalized spacial score (nSPS) is 18.2. The molecule has 1 aliphatic rings. The van der Waals surface area contributed by atoms with Crippen molar-refractivity contribution in [3.05, 3.63) is 23.5 Å². The summed E-state index contributed by atoms with van der Waals surface area (Å²) in [5.74, 6) is 2.66. The Hall–Kier alpha value is -1.66. The number of nitrogens with zero attached hydrogens (tertiary/aromatic N) is 3. The van der Waals surface area contributed by atoms with Crippen molar-refractivity contribution in [2.75, 3.05) is 13.1 Å². The van der Waals surface area contributed by atoms with Crippen LogP contribution >= 0.6 is 0 Å². The predicted molar refractivity (Wildman–Crippen MR) is 72.0 cm³/mol. The van der Waals surface area contributed by atoms with Crippen LogP contribution in [0.4, 0.5) is 0 Å². The third-order valence-electron chi connectivity index (χ3n) is 3.79. The number of β-amino-alcohol motifs (C(OH)–C–C–N with tert-alkyl or cyclic N) is 1. The zero-order valence-electron chi connectivity index (χ0n) is 12.0. The topological polar surface area (TPSA) is 75.5 Å². The van der Waals surface area contributed by atoms with Crippen LogP contribution in [0.3, 0.4) is 0 Å². The van der Waals surface area contributed by atoms with Crippen molar-refractivity contribution in [3.63, 3.8) is 0 Å². The van der Waals surface area contributed by atoms with Crippen molar-refractivity contribution in [2.24, 2.45) is 0 Å². The number of hydrogen-bond acceptors (Lipinski definition) is 6. The van der Waals surface area contributed by atoms with Crippen LogP contribution < -0.4 is 0 Å². The Bertz CT molecular complexity index is 611. The standard InChI is InChI=1S/C14H19N3O3/c1-4-14(18)7-17(8-14)6-12-15-16-13(20-12)11-5-9(2)19-10(11)3/h5,18H,4,6-8H2,1-3H3. The maximum Gasteiger partial charge on any atom is 0.251 e. The van der Waals surface area contributed by atoms with E-state index >= 15 is 0 Å². The van der Waals surface area contributed by atoms with Crippen LogP contribution in [0.2, 0.25) is 0 Å². The lowest BCUT2D eigenvalue weighted by atomic mass is 9.91. The number of likely N-dealkylation sites (tertiary alicyclic amines) is 1. The molecule has 0 saturated carbocycles. The minimum absolute atomic E-state index is 0.487. The van der Waals surface area contributed by atoms with Gasteiger partial charge in [0.1, 0.15) is 11.5 Å². The van der Waals surface area contributed by atoms with Crippen molar-refractivity contribution < 1.29 is 13.9 Å². The van der Waals surface area contributed by atoms with E-state index in [1.54, 1.807) is 0 Å². The van der Waals surface area contributed by atoms with Crippen LogP contribution in [-0.2, 0) is 6.54 Å². The Morgan fingerprint density at radius 2 is 2.05 bits per heavy atom. The molecule has 1 aliphatic heterocycles.